The van der Waals surface area contributed by atoms with E-state index in [1.54, 1.807) is 6.07 Å². The van der Waals surface area contributed by atoms with Crippen molar-refractivity contribution >= 4 is 17.8 Å². The molecule has 0 spiro atoms. The number of nitro groups is 1. The number of nitrogens with zero attached hydrogens (tertiary/aromatic N) is 2. The van der Waals surface area contributed by atoms with Crippen LogP contribution in [0.15, 0.2) is 41.5 Å². The van der Waals surface area contributed by atoms with Gasteiger partial charge in [0, 0.05) is 12.1 Å². The van der Waals surface area contributed by atoms with Gasteiger partial charge in [-0.05, 0) is 31.0 Å². The molecule has 0 radical (unpaired) electrons. The number of nitro benzene ring substituents is 1. The smallest absolute Gasteiger partial charge is 0.277 e. The molecule has 0 aliphatic rings. The number of hydrogen-bond acceptors (Lipinski definition) is 6. The van der Waals surface area contributed by atoms with E-state index in [0.717, 1.165) is 35.5 Å². The lowest BCUT2D eigenvalue weighted by Gasteiger charge is -2.09. The second-order valence-electron chi connectivity index (χ2n) is 5.33. The Bertz CT molecular complexity index is 833. The lowest BCUT2D eigenvalue weighted by Crippen LogP contribution is -2.24. The standard InChI is InChI=1S/C17H17N3O5/c1-11-3-6-16(12(2)7-11)25-10-17(22)19-18-9-13-8-14(20(23)24)4-5-15(13)21/h3-9,21H,10H2,1-2H3,(H,19,22)/p-1/b18-9-. The first-order valence-electron chi connectivity index (χ1n) is 7.34. The Labute approximate surface area is 143 Å². The summed E-state index contributed by atoms with van der Waals surface area (Å²) in [5.74, 6) is -0.366. The molecule has 1 N–H and O–H groups in total. The second kappa shape index (κ2) is 7.91. The molecule has 2 rings (SSSR count). The molecule has 0 aliphatic heterocycles. The van der Waals surface area contributed by atoms with E-state index in [1.165, 1.54) is 0 Å². The van der Waals surface area contributed by atoms with Gasteiger partial charge in [0.15, 0.2) is 6.61 Å². The Kier molecular flexibility index (Phi) is 5.67. The van der Waals surface area contributed by atoms with Crippen molar-refractivity contribution in [3.63, 3.8) is 0 Å². The van der Waals surface area contributed by atoms with Gasteiger partial charge in [-0.2, -0.15) is 5.10 Å². The lowest BCUT2D eigenvalue weighted by atomic mass is 10.1. The number of carbonyl (C=O) groups is 1. The highest BCUT2D eigenvalue weighted by Gasteiger charge is 2.06. The van der Waals surface area contributed by atoms with Crippen LogP contribution < -0.4 is 15.3 Å². The average molecular weight is 342 g/mol. The maximum Gasteiger partial charge on any atom is 0.277 e. The molecular formula is C17H16N3O5-. The van der Waals surface area contributed by atoms with Gasteiger partial charge >= 0.3 is 0 Å². The topological polar surface area (TPSA) is 117 Å². The van der Waals surface area contributed by atoms with Gasteiger partial charge < -0.3 is 9.84 Å². The van der Waals surface area contributed by atoms with Gasteiger partial charge in [0.1, 0.15) is 5.75 Å². The molecular weight excluding hydrogens is 326 g/mol. The highest BCUT2D eigenvalue weighted by molar-refractivity contribution is 5.86. The van der Waals surface area contributed by atoms with Crippen molar-refractivity contribution in [2.75, 3.05) is 6.61 Å². The zero-order chi connectivity index (χ0) is 18.4. The van der Waals surface area contributed by atoms with E-state index < -0.39 is 16.6 Å². The monoisotopic (exact) mass is 342 g/mol. The van der Waals surface area contributed by atoms with Crippen LogP contribution in [0.1, 0.15) is 16.7 Å². The maximum atomic E-state index is 11.7. The fraction of sp³-hybridized carbons (Fsp3) is 0.176. The first-order chi connectivity index (χ1) is 11.9. The van der Waals surface area contributed by atoms with Crippen LogP contribution in [0.3, 0.4) is 0 Å². The van der Waals surface area contributed by atoms with E-state index in [4.69, 9.17) is 4.74 Å². The molecule has 0 saturated heterocycles. The molecule has 8 heteroatoms. The Morgan fingerprint density at radius 3 is 2.72 bits per heavy atom. The Hall–Kier alpha value is -3.42. The summed E-state index contributed by atoms with van der Waals surface area (Å²) >= 11 is 0. The number of ether oxygens (including phenoxy) is 1. The van der Waals surface area contributed by atoms with Crippen molar-refractivity contribution in [2.45, 2.75) is 13.8 Å². The number of non-ortho nitro benzene ring substituents is 1. The van der Waals surface area contributed by atoms with E-state index in [-0.39, 0.29) is 17.9 Å². The average Bonchev–Trinajstić information content (AvgIpc) is 2.55. The third kappa shape index (κ3) is 5.03. The molecule has 2 aromatic rings. The molecule has 0 atom stereocenters. The van der Waals surface area contributed by atoms with Gasteiger partial charge in [0.25, 0.3) is 11.6 Å². The largest absolute Gasteiger partial charge is 0.872 e. The highest BCUT2D eigenvalue weighted by Crippen LogP contribution is 2.19. The number of amides is 1. The number of hydrazone groups is 1. The summed E-state index contributed by atoms with van der Waals surface area (Å²) < 4.78 is 5.39. The third-order valence-electron chi connectivity index (χ3n) is 3.29. The van der Waals surface area contributed by atoms with Gasteiger partial charge in [-0.1, -0.05) is 29.5 Å². The molecule has 0 fully saturated rings. The van der Waals surface area contributed by atoms with Crippen molar-refractivity contribution < 1.29 is 19.6 Å². The molecule has 0 bridgehead atoms. The third-order valence-corrected chi connectivity index (χ3v) is 3.29. The molecule has 1 amide bonds. The Morgan fingerprint density at radius 1 is 1.28 bits per heavy atom. The predicted octanol–water partition coefficient (Wildman–Crippen LogP) is 1.81. The van der Waals surface area contributed by atoms with Crippen molar-refractivity contribution in [1.82, 2.24) is 5.43 Å². The number of aryl methyl sites for hydroxylation is 2. The fourth-order valence-corrected chi connectivity index (χ4v) is 2.06. The van der Waals surface area contributed by atoms with Crippen LogP contribution in [-0.2, 0) is 4.79 Å². The molecule has 0 heterocycles. The van der Waals surface area contributed by atoms with Crippen LogP contribution in [0.5, 0.6) is 11.5 Å². The first kappa shape index (κ1) is 17.9. The van der Waals surface area contributed by atoms with Crippen LogP contribution in [0, 0.1) is 24.0 Å². The first-order valence-corrected chi connectivity index (χ1v) is 7.34. The van der Waals surface area contributed by atoms with E-state index >= 15 is 0 Å². The van der Waals surface area contributed by atoms with Crippen molar-refractivity contribution in [1.29, 1.82) is 0 Å². The zero-order valence-electron chi connectivity index (χ0n) is 13.7. The summed E-state index contributed by atoms with van der Waals surface area (Å²) in [6.07, 6.45) is 1.06. The number of rotatable bonds is 6. The Morgan fingerprint density at radius 2 is 2.04 bits per heavy atom. The predicted molar refractivity (Wildman–Crippen MR) is 89.7 cm³/mol. The molecule has 0 aromatic heterocycles. The summed E-state index contributed by atoms with van der Waals surface area (Å²) in [5.41, 5.74) is 3.97. The summed E-state index contributed by atoms with van der Waals surface area (Å²) in [6, 6.07) is 8.85. The molecule has 8 nitrogen and oxygen atoms in total. The van der Waals surface area contributed by atoms with E-state index in [9.17, 15) is 20.0 Å². The van der Waals surface area contributed by atoms with Gasteiger partial charge in [-0.25, -0.2) is 5.43 Å². The van der Waals surface area contributed by atoms with Gasteiger partial charge in [0.2, 0.25) is 0 Å². The van der Waals surface area contributed by atoms with Crippen LogP contribution in [0.2, 0.25) is 0 Å². The fourth-order valence-electron chi connectivity index (χ4n) is 2.06. The van der Waals surface area contributed by atoms with Crippen LogP contribution >= 0.6 is 0 Å². The van der Waals surface area contributed by atoms with E-state index in [2.05, 4.69) is 10.5 Å². The van der Waals surface area contributed by atoms with Crippen LogP contribution in [0.25, 0.3) is 0 Å². The number of carbonyl (C=O) groups excluding carboxylic acids is 1. The van der Waals surface area contributed by atoms with Crippen molar-refractivity contribution in [3.8, 4) is 11.5 Å². The highest BCUT2D eigenvalue weighted by atomic mass is 16.6. The minimum absolute atomic E-state index is 0.00444. The Balaban J connectivity index is 1.92. The summed E-state index contributed by atoms with van der Waals surface area (Å²) in [5, 5.41) is 25.9. The second-order valence-corrected chi connectivity index (χ2v) is 5.33. The van der Waals surface area contributed by atoms with Crippen LogP contribution in [0.4, 0.5) is 5.69 Å². The van der Waals surface area contributed by atoms with E-state index in [1.807, 2.05) is 26.0 Å². The van der Waals surface area contributed by atoms with Crippen molar-refractivity contribution in [2.24, 2.45) is 5.10 Å². The molecule has 2 aromatic carbocycles. The van der Waals surface area contributed by atoms with Gasteiger partial charge in [-0.15, -0.1) is 0 Å². The summed E-state index contributed by atoms with van der Waals surface area (Å²) in [4.78, 5) is 21.8. The zero-order valence-corrected chi connectivity index (χ0v) is 13.7. The summed E-state index contributed by atoms with van der Waals surface area (Å²) in [7, 11) is 0. The van der Waals surface area contributed by atoms with Gasteiger partial charge in [0.05, 0.1) is 11.1 Å². The molecule has 0 unspecified atom stereocenters. The molecule has 25 heavy (non-hydrogen) atoms. The quantitative estimate of drug-likeness (QED) is 0.488. The van der Waals surface area contributed by atoms with Gasteiger partial charge in [-0.3, -0.25) is 14.9 Å². The van der Waals surface area contributed by atoms with Crippen LogP contribution in [-0.4, -0.2) is 23.7 Å². The van der Waals surface area contributed by atoms with Crippen molar-refractivity contribution in [3.05, 3.63) is 63.2 Å². The normalized spacial score (nSPS) is 10.6. The molecule has 0 saturated carbocycles. The SMILES string of the molecule is Cc1ccc(OCC(=O)N/N=C\c2cc([N+](=O)[O-])ccc2[O-])c(C)c1. The van der Waals surface area contributed by atoms with E-state index in [0.29, 0.717) is 5.75 Å². The minimum Gasteiger partial charge on any atom is -0.872 e. The lowest BCUT2D eigenvalue weighted by molar-refractivity contribution is -0.385. The number of hydrogen-bond donors (Lipinski definition) is 1. The maximum absolute atomic E-state index is 11.7. The minimum atomic E-state index is -0.618. The molecule has 130 valence electrons. The molecule has 0 aliphatic carbocycles. The summed E-state index contributed by atoms with van der Waals surface area (Å²) in [6.45, 7) is 3.58. The number of nitrogens with one attached hydrogen (secondary N) is 1. The number of benzene rings is 2.